The molecule has 1 saturated heterocycles. The Morgan fingerprint density at radius 1 is 1.38 bits per heavy atom. The minimum Gasteiger partial charge on any atom is -0.326 e. The van der Waals surface area contributed by atoms with Crippen molar-refractivity contribution < 1.29 is 13.2 Å². The first-order valence-corrected chi connectivity index (χ1v) is 8.55. The molecule has 1 aromatic carbocycles. The van der Waals surface area contributed by atoms with Crippen molar-refractivity contribution in [1.82, 2.24) is 5.32 Å². The number of nitrogens with two attached hydrogens (primary N) is 1. The van der Waals surface area contributed by atoms with E-state index in [2.05, 4.69) is 10.6 Å². The van der Waals surface area contributed by atoms with Crippen molar-refractivity contribution in [1.29, 1.82) is 0 Å². The highest BCUT2D eigenvalue weighted by Gasteiger charge is 2.18. The molecule has 1 fully saturated rings. The maximum atomic E-state index is 12.1. The fourth-order valence-electron chi connectivity index (χ4n) is 2.46. The third kappa shape index (κ3) is 4.52. The molecule has 1 heterocycles. The zero-order valence-corrected chi connectivity index (χ0v) is 12.9. The second-order valence-corrected chi connectivity index (χ2v) is 7.03. The number of carbonyl (C=O) groups is 1. The Morgan fingerprint density at radius 2 is 2.05 bits per heavy atom. The molecule has 7 heteroatoms. The van der Waals surface area contributed by atoms with Crippen molar-refractivity contribution in [2.75, 3.05) is 18.4 Å². The molecule has 0 saturated carbocycles. The summed E-state index contributed by atoms with van der Waals surface area (Å²) in [5.41, 5.74) is 1.31. The third-order valence-corrected chi connectivity index (χ3v) is 4.66. The van der Waals surface area contributed by atoms with E-state index in [4.69, 9.17) is 5.14 Å². The number of carbonyl (C=O) groups excluding carboxylic acids is 1. The number of primary sulfonamides is 1. The van der Waals surface area contributed by atoms with Crippen molar-refractivity contribution in [3.63, 3.8) is 0 Å². The van der Waals surface area contributed by atoms with Gasteiger partial charge in [-0.3, -0.25) is 4.79 Å². The van der Waals surface area contributed by atoms with E-state index in [1.54, 1.807) is 6.07 Å². The molecular weight excluding hydrogens is 290 g/mol. The fraction of sp³-hybridized carbons (Fsp3) is 0.500. The van der Waals surface area contributed by atoms with Crippen LogP contribution in [0, 0.1) is 12.8 Å². The lowest BCUT2D eigenvalue weighted by Crippen LogP contribution is -2.30. The van der Waals surface area contributed by atoms with E-state index in [9.17, 15) is 13.2 Å². The van der Waals surface area contributed by atoms with Gasteiger partial charge in [0.15, 0.2) is 0 Å². The average molecular weight is 311 g/mol. The number of aryl methyl sites for hydroxylation is 1. The molecule has 0 aliphatic carbocycles. The molecule has 0 atom stereocenters. The Labute approximate surface area is 125 Å². The average Bonchev–Trinajstić information content (AvgIpc) is 2.41. The number of piperidine rings is 1. The zero-order valence-electron chi connectivity index (χ0n) is 12.1. The van der Waals surface area contributed by atoms with Crippen LogP contribution in [-0.4, -0.2) is 27.4 Å². The van der Waals surface area contributed by atoms with Crippen molar-refractivity contribution in [3.05, 3.63) is 23.8 Å². The summed E-state index contributed by atoms with van der Waals surface area (Å²) in [6, 6.07) is 4.48. The SMILES string of the molecule is Cc1ccc(S(N)(=O)=O)cc1NC(=O)CC1CCNCC1. The van der Waals surface area contributed by atoms with Crippen LogP contribution in [0.3, 0.4) is 0 Å². The standard InChI is InChI=1S/C14H21N3O3S/c1-10-2-3-12(21(15,19)20)9-13(10)17-14(18)8-11-4-6-16-7-5-11/h2-3,9,11,16H,4-8H2,1H3,(H,17,18)(H2,15,19,20). The Hall–Kier alpha value is -1.44. The van der Waals surface area contributed by atoms with Gasteiger partial charge in [-0.15, -0.1) is 0 Å². The summed E-state index contributed by atoms with van der Waals surface area (Å²) in [6.45, 7) is 3.70. The molecule has 4 N–H and O–H groups in total. The van der Waals surface area contributed by atoms with Gasteiger partial charge in [-0.1, -0.05) is 6.07 Å². The normalized spacial score (nSPS) is 16.7. The fourth-order valence-corrected chi connectivity index (χ4v) is 3.00. The van der Waals surface area contributed by atoms with Crippen molar-refractivity contribution in [2.24, 2.45) is 11.1 Å². The Morgan fingerprint density at radius 3 is 2.67 bits per heavy atom. The first kappa shape index (κ1) is 15.9. The molecule has 1 amide bonds. The van der Waals surface area contributed by atoms with E-state index in [0.717, 1.165) is 31.5 Å². The van der Waals surface area contributed by atoms with Gasteiger partial charge < -0.3 is 10.6 Å². The highest BCUT2D eigenvalue weighted by atomic mass is 32.2. The van der Waals surface area contributed by atoms with Crippen LogP contribution in [0.1, 0.15) is 24.8 Å². The number of benzene rings is 1. The highest BCUT2D eigenvalue weighted by Crippen LogP contribution is 2.21. The summed E-state index contributed by atoms with van der Waals surface area (Å²) in [5.74, 6) is 0.296. The highest BCUT2D eigenvalue weighted by molar-refractivity contribution is 7.89. The number of sulfonamides is 1. The van der Waals surface area contributed by atoms with E-state index in [1.807, 2.05) is 6.92 Å². The summed E-state index contributed by atoms with van der Waals surface area (Å²) in [7, 11) is -3.76. The number of hydrogen-bond donors (Lipinski definition) is 3. The smallest absolute Gasteiger partial charge is 0.238 e. The van der Waals surface area contributed by atoms with Crippen LogP contribution in [0.2, 0.25) is 0 Å². The second kappa shape index (κ2) is 6.55. The summed E-state index contributed by atoms with van der Waals surface area (Å²) in [6.07, 6.45) is 2.44. The van der Waals surface area contributed by atoms with Crippen LogP contribution >= 0.6 is 0 Å². The zero-order chi connectivity index (χ0) is 15.5. The molecule has 2 rings (SSSR count). The van der Waals surface area contributed by atoms with Gasteiger partial charge in [0.1, 0.15) is 0 Å². The van der Waals surface area contributed by atoms with E-state index >= 15 is 0 Å². The van der Waals surface area contributed by atoms with Gasteiger partial charge >= 0.3 is 0 Å². The molecule has 6 nitrogen and oxygen atoms in total. The number of amides is 1. The molecule has 0 aromatic heterocycles. The predicted octanol–water partition coefficient (Wildman–Crippen LogP) is 0.971. The molecule has 0 bridgehead atoms. The maximum absolute atomic E-state index is 12.1. The summed E-state index contributed by atoms with van der Waals surface area (Å²) in [4.78, 5) is 12.1. The van der Waals surface area contributed by atoms with Gasteiger partial charge in [0, 0.05) is 12.1 Å². The van der Waals surface area contributed by atoms with E-state index < -0.39 is 10.0 Å². The van der Waals surface area contributed by atoms with Gasteiger partial charge in [-0.2, -0.15) is 0 Å². The first-order chi connectivity index (χ1) is 9.86. The second-order valence-electron chi connectivity index (χ2n) is 5.47. The van der Waals surface area contributed by atoms with Gasteiger partial charge in [0.2, 0.25) is 15.9 Å². The number of rotatable bonds is 4. The molecule has 116 valence electrons. The first-order valence-electron chi connectivity index (χ1n) is 7.00. The summed E-state index contributed by atoms with van der Waals surface area (Å²) >= 11 is 0. The Balaban J connectivity index is 2.06. The van der Waals surface area contributed by atoms with Crippen LogP contribution in [0.15, 0.2) is 23.1 Å². The van der Waals surface area contributed by atoms with E-state index in [-0.39, 0.29) is 10.8 Å². The van der Waals surface area contributed by atoms with E-state index in [0.29, 0.717) is 18.0 Å². The minimum atomic E-state index is -3.76. The Kier molecular flexibility index (Phi) is 4.97. The van der Waals surface area contributed by atoms with Crippen LogP contribution in [0.25, 0.3) is 0 Å². The predicted molar refractivity (Wildman–Crippen MR) is 81.4 cm³/mol. The number of hydrogen-bond acceptors (Lipinski definition) is 4. The van der Waals surface area contributed by atoms with Gasteiger partial charge in [0.05, 0.1) is 4.90 Å². The van der Waals surface area contributed by atoms with Crippen LogP contribution < -0.4 is 15.8 Å². The maximum Gasteiger partial charge on any atom is 0.238 e. The number of nitrogens with one attached hydrogen (secondary N) is 2. The Bertz CT molecular complexity index is 622. The van der Waals surface area contributed by atoms with Gasteiger partial charge in [0.25, 0.3) is 0 Å². The molecule has 1 aliphatic heterocycles. The summed E-state index contributed by atoms with van der Waals surface area (Å²) in [5, 5.41) is 11.2. The quantitative estimate of drug-likeness (QED) is 0.771. The topological polar surface area (TPSA) is 101 Å². The largest absolute Gasteiger partial charge is 0.326 e. The number of anilines is 1. The molecule has 0 radical (unpaired) electrons. The monoisotopic (exact) mass is 311 g/mol. The van der Waals surface area contributed by atoms with Gasteiger partial charge in [-0.25, -0.2) is 13.6 Å². The van der Waals surface area contributed by atoms with Crippen molar-refractivity contribution >= 4 is 21.6 Å². The lowest BCUT2D eigenvalue weighted by Gasteiger charge is -2.22. The van der Waals surface area contributed by atoms with E-state index in [1.165, 1.54) is 12.1 Å². The van der Waals surface area contributed by atoms with Crippen LogP contribution in [0.4, 0.5) is 5.69 Å². The lowest BCUT2D eigenvalue weighted by atomic mass is 9.94. The molecule has 0 spiro atoms. The molecule has 21 heavy (non-hydrogen) atoms. The third-order valence-electron chi connectivity index (χ3n) is 3.74. The van der Waals surface area contributed by atoms with Crippen LogP contribution in [0.5, 0.6) is 0 Å². The molecule has 1 aliphatic rings. The van der Waals surface area contributed by atoms with Crippen LogP contribution in [-0.2, 0) is 14.8 Å². The molecule has 0 unspecified atom stereocenters. The molecular formula is C14H21N3O3S. The minimum absolute atomic E-state index is 0.00488. The van der Waals surface area contributed by atoms with Crippen molar-refractivity contribution in [3.8, 4) is 0 Å². The van der Waals surface area contributed by atoms with Crippen molar-refractivity contribution in [2.45, 2.75) is 31.1 Å². The lowest BCUT2D eigenvalue weighted by molar-refractivity contribution is -0.117. The molecule has 1 aromatic rings. The van der Waals surface area contributed by atoms with Gasteiger partial charge in [-0.05, 0) is 56.5 Å². The summed E-state index contributed by atoms with van der Waals surface area (Å²) < 4.78 is 22.7.